The predicted octanol–water partition coefficient (Wildman–Crippen LogP) is 4.57. The van der Waals surface area contributed by atoms with Gasteiger partial charge in [-0.05, 0) is 18.2 Å². The Morgan fingerprint density at radius 3 is 2.27 bits per heavy atom. The zero-order chi connectivity index (χ0) is 24.6. The molecule has 0 atom stereocenters. The van der Waals surface area contributed by atoms with Crippen LogP contribution in [-0.2, 0) is 17.1 Å². The van der Waals surface area contributed by atoms with E-state index in [4.69, 9.17) is 4.74 Å². The van der Waals surface area contributed by atoms with Crippen LogP contribution in [0.1, 0.15) is 16.8 Å². The van der Waals surface area contributed by atoms with Crippen molar-refractivity contribution in [3.05, 3.63) is 53.2 Å². The Labute approximate surface area is 178 Å². The van der Waals surface area contributed by atoms with Gasteiger partial charge in [-0.2, -0.15) is 44.6 Å². The van der Waals surface area contributed by atoms with Gasteiger partial charge in [0.25, 0.3) is 5.91 Å². The zero-order valence-corrected chi connectivity index (χ0v) is 15.9. The molecule has 1 aliphatic heterocycles. The normalized spacial score (nSPS) is 15.2. The maximum Gasteiger partial charge on any atom is 0.433 e. The molecule has 1 aromatic heterocycles. The van der Waals surface area contributed by atoms with Crippen molar-refractivity contribution in [1.29, 1.82) is 0 Å². The van der Waals surface area contributed by atoms with E-state index in [0.29, 0.717) is 0 Å². The molecule has 1 amide bonds. The number of alkyl halides is 9. The number of halogens is 9. The van der Waals surface area contributed by atoms with Crippen LogP contribution >= 0.6 is 0 Å². The lowest BCUT2D eigenvalue weighted by atomic mass is 10.2. The molecule has 0 aliphatic carbocycles. The topological polar surface area (TPSA) is 66.8 Å². The molecule has 0 spiro atoms. The summed E-state index contributed by atoms with van der Waals surface area (Å²) >= 11 is 0. The van der Waals surface area contributed by atoms with Gasteiger partial charge in [-0.15, -0.1) is 0 Å². The second-order valence-electron chi connectivity index (χ2n) is 6.57. The first kappa shape index (κ1) is 24.1. The SMILES string of the molecule is O=C1CNC(c2cccc(Oc3cc(C(F)(F)F)cc(C(F)(F)F)n3)c2)=NN1CC(F)(F)F. The zero-order valence-electron chi connectivity index (χ0n) is 15.9. The van der Waals surface area contributed by atoms with E-state index in [-0.39, 0.29) is 34.3 Å². The molecule has 2 heterocycles. The van der Waals surface area contributed by atoms with Gasteiger partial charge in [-0.25, -0.2) is 9.99 Å². The summed E-state index contributed by atoms with van der Waals surface area (Å²) in [6.45, 7) is -2.17. The number of amidine groups is 1. The van der Waals surface area contributed by atoms with Crippen LogP contribution in [0.2, 0.25) is 0 Å². The lowest BCUT2D eigenvalue weighted by molar-refractivity contribution is -0.161. The number of hydrazone groups is 1. The number of amides is 1. The molecule has 15 heteroatoms. The largest absolute Gasteiger partial charge is 0.439 e. The summed E-state index contributed by atoms with van der Waals surface area (Å²) in [4.78, 5) is 14.7. The van der Waals surface area contributed by atoms with Crippen molar-refractivity contribution >= 4 is 11.7 Å². The lowest BCUT2D eigenvalue weighted by Crippen LogP contribution is -2.47. The van der Waals surface area contributed by atoms with E-state index in [9.17, 15) is 44.3 Å². The number of nitrogens with one attached hydrogen (secondary N) is 1. The van der Waals surface area contributed by atoms with Crippen LogP contribution in [0.4, 0.5) is 39.5 Å². The van der Waals surface area contributed by atoms with E-state index < -0.39 is 54.7 Å². The van der Waals surface area contributed by atoms with Gasteiger partial charge in [0.15, 0.2) is 5.84 Å². The van der Waals surface area contributed by atoms with E-state index in [2.05, 4.69) is 15.4 Å². The van der Waals surface area contributed by atoms with E-state index in [1.165, 1.54) is 18.2 Å². The van der Waals surface area contributed by atoms with Crippen LogP contribution in [0.25, 0.3) is 0 Å². The summed E-state index contributed by atoms with van der Waals surface area (Å²) in [7, 11) is 0. The minimum Gasteiger partial charge on any atom is -0.439 e. The average Bonchev–Trinajstić information content (AvgIpc) is 2.67. The molecule has 2 aromatic rings. The average molecular weight is 486 g/mol. The molecular formula is C18H11F9N4O2. The smallest absolute Gasteiger partial charge is 0.433 e. The van der Waals surface area contributed by atoms with Crippen LogP contribution in [0.15, 0.2) is 41.5 Å². The molecular weight excluding hydrogens is 475 g/mol. The summed E-state index contributed by atoms with van der Waals surface area (Å²) in [6.07, 6.45) is -15.0. The molecule has 1 aliphatic rings. The van der Waals surface area contributed by atoms with E-state index >= 15 is 0 Å². The number of pyridine rings is 1. The molecule has 6 nitrogen and oxygen atoms in total. The van der Waals surface area contributed by atoms with E-state index in [1.54, 1.807) is 0 Å². The summed E-state index contributed by atoms with van der Waals surface area (Å²) < 4.78 is 121. The minimum atomic E-state index is -5.18. The first-order chi connectivity index (χ1) is 15.1. The van der Waals surface area contributed by atoms with E-state index in [1.807, 2.05) is 0 Å². The predicted molar refractivity (Wildman–Crippen MR) is 93.1 cm³/mol. The van der Waals surface area contributed by atoms with Gasteiger partial charge in [0.2, 0.25) is 5.88 Å². The summed E-state index contributed by atoms with van der Waals surface area (Å²) in [5, 5.41) is 6.22. The number of hydrogen-bond donors (Lipinski definition) is 1. The highest BCUT2D eigenvalue weighted by Crippen LogP contribution is 2.37. The molecule has 33 heavy (non-hydrogen) atoms. The van der Waals surface area contributed by atoms with E-state index in [0.717, 1.165) is 6.07 Å². The van der Waals surface area contributed by atoms with Gasteiger partial charge >= 0.3 is 18.5 Å². The summed E-state index contributed by atoms with van der Waals surface area (Å²) in [5.41, 5.74) is -3.42. The Morgan fingerprint density at radius 1 is 0.970 bits per heavy atom. The van der Waals surface area contributed by atoms with Crippen LogP contribution in [0.5, 0.6) is 11.6 Å². The van der Waals surface area contributed by atoms with Crippen molar-refractivity contribution in [2.24, 2.45) is 5.10 Å². The van der Waals surface area contributed by atoms with Crippen molar-refractivity contribution in [3.8, 4) is 11.6 Å². The van der Waals surface area contributed by atoms with Crippen molar-refractivity contribution in [2.75, 3.05) is 13.1 Å². The van der Waals surface area contributed by atoms with Crippen LogP contribution in [-0.4, -0.2) is 41.0 Å². The van der Waals surface area contributed by atoms with Gasteiger partial charge < -0.3 is 10.1 Å². The Balaban J connectivity index is 1.92. The standard InChI is InChI=1S/C18H11F9N4O2/c19-16(20,21)8-31-14(32)7-28-15(30-31)9-2-1-3-11(4-9)33-13-6-10(17(22,23)24)5-12(29-13)18(25,26)27/h1-6H,7-8H2,(H,28,30). The molecule has 0 saturated carbocycles. The van der Waals surface area contributed by atoms with Gasteiger partial charge in [0.1, 0.15) is 18.0 Å². The molecule has 0 unspecified atom stereocenters. The lowest BCUT2D eigenvalue weighted by Gasteiger charge is -2.25. The third kappa shape index (κ3) is 6.26. The fraction of sp³-hybridized carbons (Fsp3) is 0.278. The molecule has 0 radical (unpaired) electrons. The highest BCUT2D eigenvalue weighted by atomic mass is 19.4. The third-order valence-corrected chi connectivity index (χ3v) is 3.99. The van der Waals surface area contributed by atoms with Crippen LogP contribution < -0.4 is 10.1 Å². The molecule has 0 saturated heterocycles. The summed E-state index contributed by atoms with van der Waals surface area (Å²) in [6, 6.07) is 4.93. The van der Waals surface area contributed by atoms with Crippen molar-refractivity contribution in [2.45, 2.75) is 18.5 Å². The second kappa shape index (κ2) is 8.44. The Hall–Kier alpha value is -3.52. The third-order valence-electron chi connectivity index (χ3n) is 3.99. The second-order valence-corrected chi connectivity index (χ2v) is 6.57. The van der Waals surface area contributed by atoms with Gasteiger partial charge in [-0.1, -0.05) is 12.1 Å². The fourth-order valence-electron chi connectivity index (χ4n) is 2.61. The van der Waals surface area contributed by atoms with Crippen LogP contribution in [0, 0.1) is 0 Å². The number of hydrogen-bond acceptors (Lipinski definition) is 5. The number of carbonyl (C=O) groups is 1. The highest BCUT2D eigenvalue weighted by molar-refractivity contribution is 6.03. The van der Waals surface area contributed by atoms with Gasteiger partial charge in [0.05, 0.1) is 12.1 Å². The Morgan fingerprint density at radius 2 is 1.67 bits per heavy atom. The number of nitrogens with zero attached hydrogens (tertiary/aromatic N) is 3. The molecule has 0 fully saturated rings. The molecule has 178 valence electrons. The van der Waals surface area contributed by atoms with Crippen molar-refractivity contribution in [3.63, 3.8) is 0 Å². The Bertz CT molecular complexity index is 1050. The fourth-order valence-corrected chi connectivity index (χ4v) is 2.61. The summed E-state index contributed by atoms with van der Waals surface area (Å²) in [5.74, 6) is -2.45. The van der Waals surface area contributed by atoms with Crippen molar-refractivity contribution < 1.29 is 49.0 Å². The van der Waals surface area contributed by atoms with Gasteiger partial charge in [0, 0.05) is 11.6 Å². The minimum absolute atomic E-state index is 0.0511. The Kier molecular flexibility index (Phi) is 6.17. The number of carbonyl (C=O) groups excluding carboxylic acids is 1. The molecule has 3 rings (SSSR count). The van der Waals surface area contributed by atoms with Crippen molar-refractivity contribution in [1.82, 2.24) is 15.3 Å². The number of ether oxygens (including phenoxy) is 1. The number of aromatic nitrogens is 1. The highest BCUT2D eigenvalue weighted by Gasteiger charge is 2.39. The first-order valence-corrected chi connectivity index (χ1v) is 8.76. The number of rotatable bonds is 4. The number of benzene rings is 1. The molecule has 1 aromatic carbocycles. The monoisotopic (exact) mass is 486 g/mol. The maximum absolute atomic E-state index is 13.0. The van der Waals surface area contributed by atoms with Gasteiger partial charge in [-0.3, -0.25) is 4.79 Å². The first-order valence-electron chi connectivity index (χ1n) is 8.76. The quantitative estimate of drug-likeness (QED) is 0.644. The molecule has 0 bridgehead atoms. The maximum atomic E-state index is 13.0. The molecule has 1 N–H and O–H groups in total. The van der Waals surface area contributed by atoms with Crippen LogP contribution in [0.3, 0.4) is 0 Å².